The fourth-order valence-corrected chi connectivity index (χ4v) is 3.46. The average Bonchev–Trinajstić information content (AvgIpc) is 2.89. The van der Waals surface area contributed by atoms with Crippen LogP contribution in [0.25, 0.3) is 0 Å². The molecule has 1 aromatic carbocycles. The molecule has 0 bridgehead atoms. The first-order valence-corrected chi connectivity index (χ1v) is 6.68. The zero-order valence-electron chi connectivity index (χ0n) is 10.5. The summed E-state index contributed by atoms with van der Waals surface area (Å²) in [6, 6.07) is 8.72. The number of benzene rings is 1. The van der Waals surface area contributed by atoms with Gasteiger partial charge in [0, 0.05) is 18.1 Å². The van der Waals surface area contributed by atoms with Gasteiger partial charge in [0.2, 0.25) is 0 Å². The topological polar surface area (TPSA) is 35.2 Å². The maximum absolute atomic E-state index is 6.76. The maximum Gasteiger partial charge on any atom is 0.0516 e. The highest BCUT2D eigenvalue weighted by Crippen LogP contribution is 2.45. The molecule has 0 amide bonds. The number of ether oxygens (including phenoxy) is 1. The first-order valence-electron chi connectivity index (χ1n) is 6.68. The fourth-order valence-electron chi connectivity index (χ4n) is 3.46. The molecule has 1 fully saturated rings. The number of hydrogen-bond donors (Lipinski definition) is 1. The molecule has 2 nitrogen and oxygen atoms in total. The molecule has 2 N–H and O–H groups in total. The largest absolute Gasteiger partial charge is 0.381 e. The van der Waals surface area contributed by atoms with Crippen molar-refractivity contribution >= 4 is 0 Å². The monoisotopic (exact) mass is 231 g/mol. The molecule has 2 aliphatic rings. The molecule has 0 spiro atoms. The van der Waals surface area contributed by atoms with Gasteiger partial charge in [-0.25, -0.2) is 0 Å². The molecule has 3 unspecified atom stereocenters. The molecule has 0 saturated carbocycles. The number of hydrogen-bond acceptors (Lipinski definition) is 2. The minimum absolute atomic E-state index is 0.153. The summed E-state index contributed by atoms with van der Waals surface area (Å²) in [7, 11) is 0. The molecule has 92 valence electrons. The van der Waals surface area contributed by atoms with Crippen molar-refractivity contribution in [1.29, 1.82) is 0 Å². The van der Waals surface area contributed by atoms with Gasteiger partial charge in [-0.2, -0.15) is 0 Å². The summed E-state index contributed by atoms with van der Waals surface area (Å²) in [6.07, 6.45) is 3.41. The Morgan fingerprint density at radius 3 is 2.88 bits per heavy atom. The number of rotatable bonds is 1. The second-order valence-electron chi connectivity index (χ2n) is 5.63. The summed E-state index contributed by atoms with van der Waals surface area (Å²) in [4.78, 5) is 0. The van der Waals surface area contributed by atoms with E-state index in [9.17, 15) is 0 Å². The number of fused-ring (bicyclic) bond motifs is 1. The third-order valence-corrected chi connectivity index (χ3v) is 4.64. The van der Waals surface area contributed by atoms with E-state index in [1.54, 1.807) is 0 Å². The zero-order chi connectivity index (χ0) is 11.9. The smallest absolute Gasteiger partial charge is 0.0516 e. The predicted octanol–water partition coefficient (Wildman–Crippen LogP) is 2.77. The second-order valence-corrected chi connectivity index (χ2v) is 5.63. The first-order chi connectivity index (χ1) is 8.22. The molecule has 0 aromatic heterocycles. The standard InChI is InChI=1S/C15H21NO/c1-11-6-8-15(16,12-7-9-17-10-12)14-5-3-2-4-13(11)14/h2-5,11-12H,6-10,16H2,1H3. The highest BCUT2D eigenvalue weighted by molar-refractivity contribution is 5.39. The van der Waals surface area contributed by atoms with Gasteiger partial charge < -0.3 is 10.5 Å². The van der Waals surface area contributed by atoms with Crippen LogP contribution in [0.1, 0.15) is 43.2 Å². The molecule has 1 heterocycles. The van der Waals surface area contributed by atoms with Gasteiger partial charge in [0.25, 0.3) is 0 Å². The van der Waals surface area contributed by atoms with Crippen molar-refractivity contribution in [3.05, 3.63) is 35.4 Å². The molecule has 2 heteroatoms. The molecule has 3 atom stereocenters. The Labute approximate surface area is 103 Å². The van der Waals surface area contributed by atoms with E-state index in [0.717, 1.165) is 26.1 Å². The zero-order valence-corrected chi connectivity index (χ0v) is 10.5. The van der Waals surface area contributed by atoms with Crippen LogP contribution in [-0.2, 0) is 10.3 Å². The lowest BCUT2D eigenvalue weighted by Gasteiger charge is -2.42. The highest BCUT2D eigenvalue weighted by Gasteiger charge is 2.42. The Balaban J connectivity index is 2.04. The molecule has 1 saturated heterocycles. The summed E-state index contributed by atoms with van der Waals surface area (Å²) >= 11 is 0. The van der Waals surface area contributed by atoms with Gasteiger partial charge in [-0.1, -0.05) is 31.2 Å². The lowest BCUT2D eigenvalue weighted by molar-refractivity contribution is 0.152. The van der Waals surface area contributed by atoms with Gasteiger partial charge in [-0.05, 0) is 36.3 Å². The van der Waals surface area contributed by atoms with E-state index in [-0.39, 0.29) is 5.54 Å². The minimum Gasteiger partial charge on any atom is -0.381 e. The Bertz CT molecular complexity index is 411. The van der Waals surface area contributed by atoms with Crippen LogP contribution in [0.2, 0.25) is 0 Å². The van der Waals surface area contributed by atoms with E-state index in [1.807, 2.05) is 0 Å². The lowest BCUT2D eigenvalue weighted by Crippen LogP contribution is -2.47. The third-order valence-electron chi connectivity index (χ3n) is 4.64. The molecule has 1 aliphatic carbocycles. The average molecular weight is 231 g/mol. The van der Waals surface area contributed by atoms with Crippen molar-refractivity contribution in [1.82, 2.24) is 0 Å². The van der Waals surface area contributed by atoms with Crippen LogP contribution in [0.5, 0.6) is 0 Å². The van der Waals surface area contributed by atoms with Crippen LogP contribution in [0.4, 0.5) is 0 Å². The second kappa shape index (κ2) is 4.11. The summed E-state index contributed by atoms with van der Waals surface area (Å²) in [6.45, 7) is 4.02. The van der Waals surface area contributed by atoms with Crippen LogP contribution in [-0.4, -0.2) is 13.2 Å². The Morgan fingerprint density at radius 1 is 1.29 bits per heavy atom. The van der Waals surface area contributed by atoms with Crippen LogP contribution >= 0.6 is 0 Å². The quantitative estimate of drug-likeness (QED) is 0.806. The Hall–Kier alpha value is -0.860. The molecule has 1 aliphatic heterocycles. The van der Waals surface area contributed by atoms with Crippen LogP contribution < -0.4 is 5.73 Å². The maximum atomic E-state index is 6.76. The summed E-state index contributed by atoms with van der Waals surface area (Å²) in [5, 5.41) is 0. The fraction of sp³-hybridized carbons (Fsp3) is 0.600. The van der Waals surface area contributed by atoms with Crippen molar-refractivity contribution in [3.63, 3.8) is 0 Å². The summed E-state index contributed by atoms with van der Waals surface area (Å²) in [5.41, 5.74) is 9.43. The normalized spacial score (nSPS) is 36.8. The van der Waals surface area contributed by atoms with Gasteiger partial charge in [-0.15, -0.1) is 0 Å². The van der Waals surface area contributed by atoms with Crippen molar-refractivity contribution in [3.8, 4) is 0 Å². The van der Waals surface area contributed by atoms with E-state index < -0.39 is 0 Å². The van der Waals surface area contributed by atoms with Crippen LogP contribution in [0, 0.1) is 5.92 Å². The van der Waals surface area contributed by atoms with E-state index in [4.69, 9.17) is 10.5 Å². The molecule has 17 heavy (non-hydrogen) atoms. The SMILES string of the molecule is CC1CCC(N)(C2CCOC2)c2ccccc21. The molecule has 3 rings (SSSR count). The van der Waals surface area contributed by atoms with Gasteiger partial charge in [-0.3, -0.25) is 0 Å². The minimum atomic E-state index is -0.153. The van der Waals surface area contributed by atoms with E-state index in [2.05, 4.69) is 31.2 Å². The lowest BCUT2D eigenvalue weighted by atomic mass is 9.67. The van der Waals surface area contributed by atoms with Gasteiger partial charge in [0.1, 0.15) is 0 Å². The number of nitrogens with two attached hydrogens (primary N) is 1. The van der Waals surface area contributed by atoms with Gasteiger partial charge in [0.05, 0.1) is 6.61 Å². The van der Waals surface area contributed by atoms with Crippen molar-refractivity contribution in [2.75, 3.05) is 13.2 Å². The van der Waals surface area contributed by atoms with Crippen molar-refractivity contribution in [2.24, 2.45) is 11.7 Å². The molecule has 0 radical (unpaired) electrons. The predicted molar refractivity (Wildman–Crippen MR) is 68.9 cm³/mol. The molecular weight excluding hydrogens is 210 g/mol. The highest BCUT2D eigenvalue weighted by atomic mass is 16.5. The van der Waals surface area contributed by atoms with E-state index in [0.29, 0.717) is 11.8 Å². The van der Waals surface area contributed by atoms with Crippen molar-refractivity contribution < 1.29 is 4.74 Å². The first kappa shape index (κ1) is 11.2. The van der Waals surface area contributed by atoms with Gasteiger partial charge in [0.15, 0.2) is 0 Å². The Morgan fingerprint density at radius 2 is 2.12 bits per heavy atom. The summed E-state index contributed by atoms with van der Waals surface area (Å²) in [5.74, 6) is 1.14. The van der Waals surface area contributed by atoms with Crippen LogP contribution in [0.3, 0.4) is 0 Å². The van der Waals surface area contributed by atoms with Crippen LogP contribution in [0.15, 0.2) is 24.3 Å². The van der Waals surface area contributed by atoms with Crippen molar-refractivity contribution in [2.45, 2.75) is 37.6 Å². The molecular formula is C15H21NO. The van der Waals surface area contributed by atoms with E-state index >= 15 is 0 Å². The van der Waals surface area contributed by atoms with Gasteiger partial charge >= 0.3 is 0 Å². The Kier molecular flexibility index (Phi) is 2.72. The van der Waals surface area contributed by atoms with E-state index in [1.165, 1.54) is 17.5 Å². The summed E-state index contributed by atoms with van der Waals surface area (Å²) < 4.78 is 5.54. The third kappa shape index (κ3) is 1.71. The molecule has 1 aromatic rings.